The van der Waals surface area contributed by atoms with E-state index in [4.69, 9.17) is 10.5 Å². The Labute approximate surface area is 101 Å². The van der Waals surface area contributed by atoms with Crippen LogP contribution in [0.3, 0.4) is 0 Å². The fourth-order valence-corrected chi connectivity index (χ4v) is 2.19. The molecule has 0 aromatic carbocycles. The van der Waals surface area contributed by atoms with Crippen molar-refractivity contribution >= 4 is 0 Å². The Morgan fingerprint density at radius 2 is 1.75 bits per heavy atom. The van der Waals surface area contributed by atoms with Crippen molar-refractivity contribution in [2.45, 2.75) is 58.7 Å². The summed E-state index contributed by atoms with van der Waals surface area (Å²) in [7, 11) is 3.90. The van der Waals surface area contributed by atoms with Gasteiger partial charge in [0.15, 0.2) is 0 Å². The molecule has 0 aromatic rings. The molecule has 3 atom stereocenters. The number of hydrogen-bond donors (Lipinski definition) is 1. The van der Waals surface area contributed by atoms with Crippen molar-refractivity contribution in [1.29, 1.82) is 0 Å². The summed E-state index contributed by atoms with van der Waals surface area (Å²) in [6, 6.07) is 0.520. The molecule has 0 saturated carbocycles. The molecule has 2 N–H and O–H groups in total. The Hall–Kier alpha value is -0.120. The van der Waals surface area contributed by atoms with Gasteiger partial charge in [0.05, 0.1) is 11.6 Å². The Morgan fingerprint density at radius 1 is 1.25 bits per heavy atom. The van der Waals surface area contributed by atoms with Gasteiger partial charge in [-0.3, -0.25) is 4.90 Å². The zero-order valence-electron chi connectivity index (χ0n) is 12.1. The van der Waals surface area contributed by atoms with E-state index in [9.17, 15) is 0 Å². The fourth-order valence-electron chi connectivity index (χ4n) is 2.19. The first-order valence-corrected chi connectivity index (χ1v) is 6.25. The van der Waals surface area contributed by atoms with E-state index in [-0.39, 0.29) is 11.6 Å². The van der Waals surface area contributed by atoms with Crippen LogP contribution in [0.4, 0.5) is 0 Å². The molecule has 0 aliphatic heterocycles. The molecule has 0 aliphatic rings. The molecule has 0 heterocycles. The smallest absolute Gasteiger partial charge is 0.0736 e. The molecular formula is C13H30N2O. The Morgan fingerprint density at radius 3 is 2.06 bits per heavy atom. The Bertz CT molecular complexity index is 196. The summed E-state index contributed by atoms with van der Waals surface area (Å²) in [5.41, 5.74) is 5.84. The fraction of sp³-hybridized carbons (Fsp3) is 1.00. The molecule has 0 saturated heterocycles. The van der Waals surface area contributed by atoms with Crippen LogP contribution in [0.5, 0.6) is 0 Å². The van der Waals surface area contributed by atoms with Crippen molar-refractivity contribution in [2.75, 3.05) is 20.7 Å². The first-order chi connectivity index (χ1) is 7.29. The van der Waals surface area contributed by atoms with Crippen LogP contribution >= 0.6 is 0 Å². The van der Waals surface area contributed by atoms with Gasteiger partial charge in [-0.1, -0.05) is 13.8 Å². The van der Waals surface area contributed by atoms with Crippen LogP contribution < -0.4 is 5.73 Å². The molecule has 98 valence electrons. The lowest BCUT2D eigenvalue weighted by Crippen LogP contribution is -2.60. The van der Waals surface area contributed by atoms with Gasteiger partial charge in [-0.15, -0.1) is 0 Å². The van der Waals surface area contributed by atoms with Gasteiger partial charge in [0, 0.05) is 19.7 Å². The van der Waals surface area contributed by atoms with Crippen molar-refractivity contribution in [1.82, 2.24) is 4.90 Å². The number of ether oxygens (including phenoxy) is 1. The highest BCUT2D eigenvalue weighted by Gasteiger charge is 2.36. The molecular weight excluding hydrogens is 200 g/mol. The van der Waals surface area contributed by atoms with Gasteiger partial charge in [0.25, 0.3) is 0 Å². The maximum Gasteiger partial charge on any atom is 0.0736 e. The number of rotatable bonds is 7. The second kappa shape index (κ2) is 6.58. The van der Waals surface area contributed by atoms with Crippen molar-refractivity contribution < 1.29 is 4.74 Å². The molecule has 0 amide bonds. The predicted octanol–water partition coefficient (Wildman–Crippen LogP) is 2.11. The molecule has 3 unspecified atom stereocenters. The molecule has 0 fully saturated rings. The average Bonchev–Trinajstić information content (AvgIpc) is 2.24. The van der Waals surface area contributed by atoms with Crippen molar-refractivity contribution in [3.8, 4) is 0 Å². The van der Waals surface area contributed by atoms with Gasteiger partial charge < -0.3 is 10.5 Å². The lowest BCUT2D eigenvalue weighted by molar-refractivity contribution is -0.0376. The molecule has 16 heavy (non-hydrogen) atoms. The summed E-state index contributed by atoms with van der Waals surface area (Å²) in [6.07, 6.45) is 1.32. The van der Waals surface area contributed by atoms with Crippen LogP contribution in [0.25, 0.3) is 0 Å². The van der Waals surface area contributed by atoms with Crippen LogP contribution in [0.1, 0.15) is 41.0 Å². The molecule has 0 aromatic heterocycles. The number of nitrogens with two attached hydrogens (primary N) is 1. The van der Waals surface area contributed by atoms with E-state index in [1.54, 1.807) is 7.11 Å². The van der Waals surface area contributed by atoms with Crippen molar-refractivity contribution in [2.24, 2.45) is 11.7 Å². The van der Waals surface area contributed by atoms with E-state index < -0.39 is 0 Å². The van der Waals surface area contributed by atoms with Gasteiger partial charge in [0.1, 0.15) is 0 Å². The number of nitrogens with zero attached hydrogens (tertiary/aromatic N) is 1. The van der Waals surface area contributed by atoms with Crippen molar-refractivity contribution in [3.05, 3.63) is 0 Å². The molecule has 0 bridgehead atoms. The van der Waals surface area contributed by atoms with E-state index in [2.05, 4.69) is 46.6 Å². The van der Waals surface area contributed by atoms with Crippen molar-refractivity contribution in [3.63, 3.8) is 0 Å². The minimum absolute atomic E-state index is 0.0942. The van der Waals surface area contributed by atoms with Crippen LogP contribution in [0, 0.1) is 5.92 Å². The lowest BCUT2D eigenvalue weighted by Gasteiger charge is -2.45. The lowest BCUT2D eigenvalue weighted by atomic mass is 9.90. The van der Waals surface area contributed by atoms with Crippen LogP contribution in [-0.2, 0) is 4.74 Å². The zero-order valence-corrected chi connectivity index (χ0v) is 12.1. The number of methoxy groups -OCH3 is 1. The number of likely N-dealkylation sites (N-methyl/N-ethyl adjacent to an activating group) is 1. The van der Waals surface area contributed by atoms with Gasteiger partial charge in [-0.2, -0.15) is 0 Å². The van der Waals surface area contributed by atoms with Gasteiger partial charge >= 0.3 is 0 Å². The summed E-state index contributed by atoms with van der Waals surface area (Å²) in [5, 5.41) is 0. The largest absolute Gasteiger partial charge is 0.380 e. The van der Waals surface area contributed by atoms with E-state index in [0.29, 0.717) is 18.5 Å². The third-order valence-electron chi connectivity index (χ3n) is 3.92. The summed E-state index contributed by atoms with van der Waals surface area (Å²) < 4.78 is 5.46. The molecule has 0 radical (unpaired) electrons. The highest BCUT2D eigenvalue weighted by atomic mass is 16.5. The Balaban J connectivity index is 4.68. The summed E-state index contributed by atoms with van der Waals surface area (Å²) in [4.78, 5) is 2.36. The highest BCUT2D eigenvalue weighted by Crippen LogP contribution is 2.24. The maximum absolute atomic E-state index is 5.93. The minimum atomic E-state index is -0.0942. The third kappa shape index (κ3) is 3.72. The maximum atomic E-state index is 5.93. The van der Waals surface area contributed by atoms with Gasteiger partial charge in [-0.05, 0) is 40.2 Å². The van der Waals surface area contributed by atoms with E-state index in [0.717, 1.165) is 0 Å². The van der Waals surface area contributed by atoms with Crippen LogP contribution in [-0.4, -0.2) is 43.3 Å². The summed E-state index contributed by atoms with van der Waals surface area (Å²) >= 11 is 0. The normalized spacial score (nSPS) is 19.9. The monoisotopic (exact) mass is 230 g/mol. The molecule has 3 nitrogen and oxygen atoms in total. The quantitative estimate of drug-likeness (QED) is 0.728. The van der Waals surface area contributed by atoms with Crippen LogP contribution in [0.15, 0.2) is 0 Å². The predicted molar refractivity (Wildman–Crippen MR) is 70.6 cm³/mol. The molecule has 0 spiro atoms. The molecule has 3 heteroatoms. The molecule has 0 aliphatic carbocycles. The zero-order chi connectivity index (χ0) is 12.9. The standard InChI is InChI=1S/C13H30N2O/c1-10(2)8-11(3)15(6)13(5,9-14)12(4)16-7/h10-12H,8-9,14H2,1-7H3. The second-order valence-electron chi connectivity index (χ2n) is 5.53. The van der Waals surface area contributed by atoms with E-state index in [1.807, 2.05) is 0 Å². The summed E-state index contributed by atoms with van der Waals surface area (Å²) in [6.45, 7) is 11.6. The minimum Gasteiger partial charge on any atom is -0.380 e. The average molecular weight is 230 g/mol. The second-order valence-corrected chi connectivity index (χ2v) is 5.53. The highest BCUT2D eigenvalue weighted by molar-refractivity contribution is 4.93. The molecule has 0 rings (SSSR count). The first-order valence-electron chi connectivity index (χ1n) is 6.25. The van der Waals surface area contributed by atoms with E-state index in [1.165, 1.54) is 6.42 Å². The number of hydrogen-bond acceptors (Lipinski definition) is 3. The van der Waals surface area contributed by atoms with E-state index >= 15 is 0 Å². The summed E-state index contributed by atoms with van der Waals surface area (Å²) in [5.74, 6) is 0.706. The first kappa shape index (κ1) is 15.9. The Kier molecular flexibility index (Phi) is 6.53. The topological polar surface area (TPSA) is 38.5 Å². The third-order valence-corrected chi connectivity index (χ3v) is 3.92. The van der Waals surface area contributed by atoms with Gasteiger partial charge in [-0.25, -0.2) is 0 Å². The van der Waals surface area contributed by atoms with Crippen LogP contribution in [0.2, 0.25) is 0 Å². The SMILES string of the molecule is COC(C)C(C)(CN)N(C)C(C)CC(C)C. The van der Waals surface area contributed by atoms with Gasteiger partial charge in [0.2, 0.25) is 0 Å².